The fraction of sp³-hybridized carbons (Fsp3) is 0.111. The number of carboxylic acid groups (broad SMARTS) is 1. The highest BCUT2D eigenvalue weighted by Gasteiger charge is 2.20. The number of ether oxygens (including phenoxy) is 2. The molecule has 5 rings (SSSR count). The van der Waals surface area contributed by atoms with Crippen LogP contribution in [0.5, 0.6) is 11.5 Å². The zero-order valence-electron chi connectivity index (χ0n) is 20.0. The summed E-state index contributed by atoms with van der Waals surface area (Å²) in [6.07, 6.45) is 0.124. The predicted octanol–water partition coefficient (Wildman–Crippen LogP) is 5.86. The lowest BCUT2D eigenvalue weighted by atomic mass is 10.2. The van der Waals surface area contributed by atoms with Crippen molar-refractivity contribution >= 4 is 57.3 Å². The molecule has 3 aromatic carbocycles. The minimum atomic E-state index is -1.19. The van der Waals surface area contributed by atoms with E-state index in [9.17, 15) is 14.7 Å². The Labute approximate surface area is 225 Å². The number of methoxy groups -OCH3 is 1. The molecule has 1 N–H and O–H groups in total. The molecule has 38 heavy (non-hydrogen) atoms. The van der Waals surface area contributed by atoms with Crippen LogP contribution in [-0.4, -0.2) is 40.2 Å². The van der Waals surface area contributed by atoms with E-state index in [0.29, 0.717) is 27.3 Å². The summed E-state index contributed by atoms with van der Waals surface area (Å²) in [5, 5.41) is 15.6. The van der Waals surface area contributed by atoms with Crippen molar-refractivity contribution in [1.82, 2.24) is 9.66 Å². The lowest BCUT2D eigenvalue weighted by molar-refractivity contribution is -0.144. The largest absolute Gasteiger partial charge is 0.493 e. The van der Waals surface area contributed by atoms with Crippen LogP contribution >= 0.6 is 23.2 Å². The zero-order valence-corrected chi connectivity index (χ0v) is 21.5. The maximum atomic E-state index is 13.5. The highest BCUT2D eigenvalue weighted by atomic mass is 35.5. The van der Waals surface area contributed by atoms with Gasteiger partial charge in [-0.15, -0.1) is 0 Å². The summed E-state index contributed by atoms with van der Waals surface area (Å²) in [5.74, 6) is -0.440. The molecule has 192 valence electrons. The topological polar surface area (TPSA) is 116 Å². The quantitative estimate of drug-likeness (QED) is 0.252. The molecule has 11 heteroatoms. The van der Waals surface area contributed by atoms with E-state index in [1.165, 1.54) is 32.4 Å². The molecule has 0 aliphatic rings. The number of furan rings is 1. The average molecular weight is 552 g/mol. The number of carboxylic acids is 1. The van der Waals surface area contributed by atoms with Crippen LogP contribution in [0.4, 0.5) is 0 Å². The first kappa shape index (κ1) is 25.3. The van der Waals surface area contributed by atoms with E-state index >= 15 is 0 Å². The lowest BCUT2D eigenvalue weighted by Gasteiger charge is -2.16. The molecule has 2 aromatic heterocycles. The van der Waals surface area contributed by atoms with E-state index in [4.69, 9.17) is 37.1 Å². The van der Waals surface area contributed by atoms with Gasteiger partial charge in [0, 0.05) is 27.1 Å². The van der Waals surface area contributed by atoms with Gasteiger partial charge in [-0.25, -0.2) is 9.78 Å². The van der Waals surface area contributed by atoms with Gasteiger partial charge >= 0.3 is 5.97 Å². The number of rotatable bonds is 7. The first-order valence-corrected chi connectivity index (χ1v) is 12.0. The minimum Gasteiger partial charge on any atom is -0.493 e. The third-order valence-corrected chi connectivity index (χ3v) is 6.13. The van der Waals surface area contributed by atoms with Gasteiger partial charge in [-0.1, -0.05) is 35.3 Å². The summed E-state index contributed by atoms with van der Waals surface area (Å²) in [6, 6.07) is 16.7. The predicted molar refractivity (Wildman–Crippen MR) is 145 cm³/mol. The number of carbonyl (C=O) groups is 1. The highest BCUT2D eigenvalue weighted by molar-refractivity contribution is 6.31. The van der Waals surface area contributed by atoms with Gasteiger partial charge in [0.05, 0.1) is 24.2 Å². The Morgan fingerprint density at radius 3 is 2.68 bits per heavy atom. The summed E-state index contributed by atoms with van der Waals surface area (Å²) >= 11 is 12.4. The first-order valence-electron chi connectivity index (χ1n) is 11.3. The second kappa shape index (κ2) is 10.2. The van der Waals surface area contributed by atoms with Crippen molar-refractivity contribution in [2.75, 3.05) is 7.11 Å². The summed E-state index contributed by atoms with van der Waals surface area (Å²) in [7, 11) is 1.40. The molecular weight excluding hydrogens is 533 g/mol. The molecule has 0 saturated carbocycles. The van der Waals surface area contributed by atoms with E-state index in [0.717, 1.165) is 10.1 Å². The van der Waals surface area contributed by atoms with E-state index in [1.54, 1.807) is 48.5 Å². The summed E-state index contributed by atoms with van der Waals surface area (Å²) in [6.45, 7) is 1.38. The monoisotopic (exact) mass is 551 g/mol. The van der Waals surface area contributed by atoms with Gasteiger partial charge in [0.15, 0.2) is 23.4 Å². The van der Waals surface area contributed by atoms with Crippen molar-refractivity contribution in [3.8, 4) is 23.1 Å². The number of hydrogen-bond donors (Lipinski definition) is 1. The molecule has 0 radical (unpaired) electrons. The number of aromatic nitrogens is 2. The number of para-hydroxylation sites is 1. The maximum Gasteiger partial charge on any atom is 0.344 e. The third kappa shape index (κ3) is 4.81. The van der Waals surface area contributed by atoms with Crippen LogP contribution in [0.1, 0.15) is 12.5 Å². The second-order valence-corrected chi connectivity index (χ2v) is 9.10. The Morgan fingerprint density at radius 1 is 1.13 bits per heavy atom. The van der Waals surface area contributed by atoms with Crippen molar-refractivity contribution in [2.45, 2.75) is 13.0 Å². The van der Waals surface area contributed by atoms with Crippen molar-refractivity contribution in [3.05, 3.63) is 86.6 Å². The minimum absolute atomic E-state index is 0.0947. The number of fused-ring (bicyclic) bond motifs is 2. The van der Waals surface area contributed by atoms with E-state index in [2.05, 4.69) is 10.1 Å². The van der Waals surface area contributed by atoms with Gasteiger partial charge in [-0.05, 0) is 49.4 Å². The number of halogens is 2. The highest BCUT2D eigenvalue weighted by Crippen LogP contribution is 2.35. The van der Waals surface area contributed by atoms with Crippen LogP contribution in [0, 0.1) is 0 Å². The van der Waals surface area contributed by atoms with Crippen molar-refractivity contribution in [1.29, 1.82) is 0 Å². The molecule has 5 aromatic rings. The molecule has 0 fully saturated rings. The van der Waals surface area contributed by atoms with Gasteiger partial charge in [-0.2, -0.15) is 9.78 Å². The van der Waals surface area contributed by atoms with Crippen LogP contribution in [-0.2, 0) is 4.79 Å². The van der Waals surface area contributed by atoms with Gasteiger partial charge in [0.2, 0.25) is 5.82 Å². The van der Waals surface area contributed by atoms with E-state index < -0.39 is 17.6 Å². The van der Waals surface area contributed by atoms with Gasteiger partial charge in [0.25, 0.3) is 5.56 Å². The Morgan fingerprint density at radius 2 is 1.92 bits per heavy atom. The summed E-state index contributed by atoms with van der Waals surface area (Å²) in [5.41, 5.74) is 0.849. The second-order valence-electron chi connectivity index (χ2n) is 8.23. The van der Waals surface area contributed by atoms with Crippen molar-refractivity contribution in [3.63, 3.8) is 0 Å². The molecule has 0 saturated heterocycles. The molecule has 0 spiro atoms. The van der Waals surface area contributed by atoms with E-state index in [-0.39, 0.29) is 27.9 Å². The Kier molecular flexibility index (Phi) is 6.79. The average Bonchev–Trinajstić information content (AvgIpc) is 3.32. The van der Waals surface area contributed by atoms with Gasteiger partial charge < -0.3 is 19.0 Å². The number of benzene rings is 3. The Hall–Kier alpha value is -4.34. The molecular formula is C27H19Cl2N3O6. The van der Waals surface area contributed by atoms with E-state index in [1.807, 2.05) is 0 Å². The fourth-order valence-electron chi connectivity index (χ4n) is 3.82. The molecule has 0 aliphatic heterocycles. The molecule has 9 nitrogen and oxygen atoms in total. The van der Waals surface area contributed by atoms with Gasteiger partial charge in [0.1, 0.15) is 5.58 Å². The van der Waals surface area contributed by atoms with Crippen LogP contribution in [0.3, 0.4) is 0 Å². The lowest BCUT2D eigenvalue weighted by Crippen LogP contribution is -2.24. The molecule has 0 amide bonds. The molecule has 0 unspecified atom stereocenters. The molecule has 2 heterocycles. The smallest absolute Gasteiger partial charge is 0.344 e. The molecule has 1 atom stereocenters. The van der Waals surface area contributed by atoms with Crippen LogP contribution in [0.15, 0.2) is 75.0 Å². The molecule has 0 aliphatic carbocycles. The Balaban J connectivity index is 1.71. The van der Waals surface area contributed by atoms with Gasteiger partial charge in [-0.3, -0.25) is 4.79 Å². The summed E-state index contributed by atoms with van der Waals surface area (Å²) < 4.78 is 18.1. The standard InChI is InChI=1S/C27H19Cl2N3O6/c1-14(27(34)35)37-24-16(10-18(29)12-22(24)36-2)13-30-32-25(31-20-6-4-3-5-19(20)26(32)33)23-11-15-9-17(28)7-8-21(15)38-23/h3-14H,1-2H3,(H,34,35)/t14-/m1/s1. The van der Waals surface area contributed by atoms with Crippen LogP contribution < -0.4 is 15.0 Å². The summed E-state index contributed by atoms with van der Waals surface area (Å²) in [4.78, 5) is 29.6. The zero-order chi connectivity index (χ0) is 27.0. The van der Waals surface area contributed by atoms with Crippen molar-refractivity contribution < 1.29 is 23.8 Å². The maximum absolute atomic E-state index is 13.5. The fourth-order valence-corrected chi connectivity index (χ4v) is 4.22. The molecule has 0 bridgehead atoms. The van der Waals surface area contributed by atoms with Crippen molar-refractivity contribution in [2.24, 2.45) is 5.10 Å². The Bertz CT molecular complexity index is 1790. The third-order valence-electron chi connectivity index (χ3n) is 5.68. The van der Waals surface area contributed by atoms with Crippen LogP contribution in [0.25, 0.3) is 33.5 Å². The first-order chi connectivity index (χ1) is 18.2. The normalized spacial score (nSPS) is 12.3. The number of hydrogen-bond acceptors (Lipinski definition) is 7. The number of nitrogens with zero attached hydrogens (tertiary/aromatic N) is 3. The number of aliphatic carboxylic acids is 1. The van der Waals surface area contributed by atoms with Crippen LogP contribution in [0.2, 0.25) is 10.0 Å². The SMILES string of the molecule is COc1cc(Cl)cc(C=Nn2c(-c3cc4cc(Cl)ccc4o3)nc3ccccc3c2=O)c1O[C@H](C)C(=O)O.